The molecule has 4 nitrogen and oxygen atoms in total. The Hall–Kier alpha value is -1.65. The number of aromatic nitrogens is 2. The van der Waals surface area contributed by atoms with Crippen molar-refractivity contribution in [1.29, 1.82) is 0 Å². The zero-order valence-electron chi connectivity index (χ0n) is 13.4. The van der Waals surface area contributed by atoms with Gasteiger partial charge in [0.15, 0.2) is 0 Å². The fraction of sp³-hybridized carbons (Fsp3) is 0.500. The fourth-order valence-electron chi connectivity index (χ4n) is 3.11. The number of rotatable bonds is 7. The summed E-state index contributed by atoms with van der Waals surface area (Å²) in [5.41, 5.74) is 2.67. The molecule has 0 spiro atoms. The second kappa shape index (κ2) is 7.56. The molecule has 22 heavy (non-hydrogen) atoms. The zero-order valence-corrected chi connectivity index (χ0v) is 13.4. The summed E-state index contributed by atoms with van der Waals surface area (Å²) in [4.78, 5) is 2.57. The van der Waals surface area contributed by atoms with E-state index in [0.29, 0.717) is 6.04 Å². The molecule has 1 aromatic heterocycles. The summed E-state index contributed by atoms with van der Waals surface area (Å²) in [7, 11) is 0. The highest BCUT2D eigenvalue weighted by atomic mass is 15.3. The van der Waals surface area contributed by atoms with Crippen molar-refractivity contribution in [3.8, 4) is 0 Å². The van der Waals surface area contributed by atoms with Gasteiger partial charge in [-0.25, -0.2) is 0 Å². The highest BCUT2D eigenvalue weighted by Crippen LogP contribution is 2.10. The van der Waals surface area contributed by atoms with Gasteiger partial charge < -0.3 is 10.2 Å². The molecule has 1 aromatic carbocycles. The molecule has 118 valence electrons. The summed E-state index contributed by atoms with van der Waals surface area (Å²) in [6.45, 7) is 7.59. The molecule has 0 radical (unpaired) electrons. The van der Waals surface area contributed by atoms with Gasteiger partial charge in [0.25, 0.3) is 0 Å². The number of likely N-dealkylation sites (tertiary alicyclic amines) is 1. The Kier molecular flexibility index (Phi) is 5.24. The average molecular weight is 298 g/mol. The van der Waals surface area contributed by atoms with E-state index in [-0.39, 0.29) is 0 Å². The van der Waals surface area contributed by atoms with Gasteiger partial charge in [-0.1, -0.05) is 30.3 Å². The highest BCUT2D eigenvalue weighted by Gasteiger charge is 2.21. The first kappa shape index (κ1) is 15.3. The number of nitrogens with zero attached hydrogens (tertiary/aromatic N) is 3. The molecule has 1 aliphatic rings. The van der Waals surface area contributed by atoms with Crippen LogP contribution in [0.2, 0.25) is 0 Å². The quantitative estimate of drug-likeness (QED) is 0.850. The molecule has 4 heteroatoms. The van der Waals surface area contributed by atoms with E-state index in [2.05, 4.69) is 58.8 Å². The first-order chi connectivity index (χ1) is 10.8. The molecule has 1 atom stereocenters. The van der Waals surface area contributed by atoms with Crippen LogP contribution in [0.15, 0.2) is 42.7 Å². The summed E-state index contributed by atoms with van der Waals surface area (Å²) >= 11 is 0. The summed E-state index contributed by atoms with van der Waals surface area (Å²) in [5, 5.41) is 7.99. The molecule has 1 fully saturated rings. The molecular weight excluding hydrogens is 272 g/mol. The molecule has 0 saturated carbocycles. The minimum absolute atomic E-state index is 0.632. The van der Waals surface area contributed by atoms with Crippen molar-refractivity contribution >= 4 is 0 Å². The lowest BCUT2D eigenvalue weighted by Gasteiger charge is -2.16. The Balaban J connectivity index is 1.34. The van der Waals surface area contributed by atoms with E-state index in [0.717, 1.165) is 19.5 Å². The van der Waals surface area contributed by atoms with Crippen molar-refractivity contribution in [2.45, 2.75) is 32.4 Å². The van der Waals surface area contributed by atoms with Gasteiger partial charge in [-0.3, -0.25) is 4.68 Å². The number of nitrogens with one attached hydrogen (secondary N) is 1. The summed E-state index contributed by atoms with van der Waals surface area (Å²) in [6.07, 6.45) is 6.43. The predicted molar refractivity (Wildman–Crippen MR) is 90.0 cm³/mol. The van der Waals surface area contributed by atoms with E-state index in [9.17, 15) is 0 Å². The second-order valence-electron chi connectivity index (χ2n) is 6.26. The van der Waals surface area contributed by atoms with Gasteiger partial charge in [-0.05, 0) is 37.4 Å². The lowest BCUT2D eigenvalue weighted by atomic mass is 10.1. The SMILES string of the molecule is Cc1cnn(CCNC2CCN(CCc3ccccc3)C2)c1. The molecule has 3 rings (SSSR count). The molecule has 1 unspecified atom stereocenters. The van der Waals surface area contributed by atoms with Crippen LogP contribution < -0.4 is 5.32 Å². The Labute approximate surface area is 133 Å². The molecule has 2 heterocycles. The molecule has 1 saturated heterocycles. The van der Waals surface area contributed by atoms with E-state index in [1.165, 1.54) is 37.2 Å². The zero-order chi connectivity index (χ0) is 15.2. The van der Waals surface area contributed by atoms with Crippen LogP contribution in [0.4, 0.5) is 0 Å². The first-order valence-corrected chi connectivity index (χ1v) is 8.28. The second-order valence-corrected chi connectivity index (χ2v) is 6.26. The minimum atomic E-state index is 0.632. The van der Waals surface area contributed by atoms with Crippen molar-refractivity contribution in [2.24, 2.45) is 0 Å². The van der Waals surface area contributed by atoms with Gasteiger partial charge in [0.1, 0.15) is 0 Å². The van der Waals surface area contributed by atoms with Crippen LogP contribution in [0.1, 0.15) is 17.5 Å². The molecule has 1 aliphatic heterocycles. The number of hydrogen-bond donors (Lipinski definition) is 1. The van der Waals surface area contributed by atoms with Crippen LogP contribution in [-0.2, 0) is 13.0 Å². The van der Waals surface area contributed by atoms with Crippen LogP contribution in [0.25, 0.3) is 0 Å². The summed E-state index contributed by atoms with van der Waals surface area (Å²) < 4.78 is 2.02. The normalized spacial score (nSPS) is 18.9. The molecule has 2 aromatic rings. The topological polar surface area (TPSA) is 33.1 Å². The van der Waals surface area contributed by atoms with Crippen molar-refractivity contribution in [1.82, 2.24) is 20.0 Å². The fourth-order valence-corrected chi connectivity index (χ4v) is 3.11. The van der Waals surface area contributed by atoms with Gasteiger partial charge in [-0.15, -0.1) is 0 Å². The van der Waals surface area contributed by atoms with E-state index in [4.69, 9.17) is 0 Å². The maximum atomic E-state index is 4.32. The van der Waals surface area contributed by atoms with Crippen LogP contribution in [0, 0.1) is 6.92 Å². The van der Waals surface area contributed by atoms with Gasteiger partial charge in [0, 0.05) is 31.9 Å². The van der Waals surface area contributed by atoms with Crippen molar-refractivity contribution in [3.63, 3.8) is 0 Å². The standard InChI is InChI=1S/C18H26N4/c1-16-13-20-22(14-16)12-9-19-18-8-11-21(15-18)10-7-17-5-3-2-4-6-17/h2-6,13-14,18-19H,7-12,15H2,1H3. The Morgan fingerprint density at radius 1 is 1.23 bits per heavy atom. The number of benzene rings is 1. The van der Waals surface area contributed by atoms with Crippen molar-refractivity contribution < 1.29 is 0 Å². The van der Waals surface area contributed by atoms with E-state index in [1.807, 2.05) is 10.9 Å². The third-order valence-corrected chi connectivity index (χ3v) is 4.37. The maximum absolute atomic E-state index is 4.32. The van der Waals surface area contributed by atoms with E-state index < -0.39 is 0 Å². The van der Waals surface area contributed by atoms with Crippen LogP contribution in [0.5, 0.6) is 0 Å². The van der Waals surface area contributed by atoms with Gasteiger partial charge >= 0.3 is 0 Å². The minimum Gasteiger partial charge on any atom is -0.311 e. The first-order valence-electron chi connectivity index (χ1n) is 8.28. The molecule has 0 amide bonds. The van der Waals surface area contributed by atoms with Crippen LogP contribution in [-0.4, -0.2) is 46.9 Å². The summed E-state index contributed by atoms with van der Waals surface area (Å²) in [6, 6.07) is 11.4. The smallest absolute Gasteiger partial charge is 0.0534 e. The Morgan fingerprint density at radius 2 is 2.09 bits per heavy atom. The van der Waals surface area contributed by atoms with Gasteiger partial charge in [-0.2, -0.15) is 5.10 Å². The molecule has 0 aliphatic carbocycles. The number of hydrogen-bond acceptors (Lipinski definition) is 3. The highest BCUT2D eigenvalue weighted by molar-refractivity contribution is 5.14. The van der Waals surface area contributed by atoms with Gasteiger partial charge in [0.2, 0.25) is 0 Å². The molecular formula is C18H26N4. The largest absolute Gasteiger partial charge is 0.311 e. The third kappa shape index (κ3) is 4.42. The predicted octanol–water partition coefficient (Wildman–Crippen LogP) is 2.10. The van der Waals surface area contributed by atoms with Gasteiger partial charge in [0.05, 0.1) is 12.7 Å². The lowest BCUT2D eigenvalue weighted by molar-refractivity contribution is 0.330. The third-order valence-electron chi connectivity index (χ3n) is 4.37. The van der Waals surface area contributed by atoms with E-state index in [1.54, 1.807) is 0 Å². The van der Waals surface area contributed by atoms with Crippen LogP contribution >= 0.6 is 0 Å². The van der Waals surface area contributed by atoms with Crippen molar-refractivity contribution in [2.75, 3.05) is 26.2 Å². The Bertz CT molecular complexity index is 563. The average Bonchev–Trinajstić information content (AvgIpc) is 3.16. The van der Waals surface area contributed by atoms with Crippen molar-refractivity contribution in [3.05, 3.63) is 53.9 Å². The number of aryl methyl sites for hydroxylation is 1. The summed E-state index contributed by atoms with van der Waals surface area (Å²) in [5.74, 6) is 0. The van der Waals surface area contributed by atoms with E-state index >= 15 is 0 Å². The molecule has 1 N–H and O–H groups in total. The lowest BCUT2D eigenvalue weighted by Crippen LogP contribution is -2.35. The molecule has 0 bridgehead atoms. The monoisotopic (exact) mass is 298 g/mol. The maximum Gasteiger partial charge on any atom is 0.0534 e. The van der Waals surface area contributed by atoms with Crippen LogP contribution in [0.3, 0.4) is 0 Å². The Morgan fingerprint density at radius 3 is 2.86 bits per heavy atom.